The third kappa shape index (κ3) is 5.22. The summed E-state index contributed by atoms with van der Waals surface area (Å²) < 4.78 is 0.822. The smallest absolute Gasteiger partial charge is 0.206 e. The van der Waals surface area contributed by atoms with Gasteiger partial charge >= 0.3 is 0 Å². The SMILES string of the molecule is OC(CNc1ccccc1Cl)CSc1nnc(NCc2c[nH]c3ccccc23)s1. The first-order chi connectivity index (χ1) is 14.2. The second kappa shape index (κ2) is 9.49. The Morgan fingerprint density at radius 3 is 2.83 bits per heavy atom. The molecule has 0 amide bonds. The van der Waals surface area contributed by atoms with Crippen LogP contribution < -0.4 is 10.6 Å². The molecule has 4 rings (SSSR count). The molecule has 0 radical (unpaired) electrons. The molecule has 2 aromatic carbocycles. The lowest BCUT2D eigenvalue weighted by Crippen LogP contribution is -2.21. The van der Waals surface area contributed by atoms with Gasteiger partial charge in [-0.1, -0.05) is 65.0 Å². The predicted octanol–water partition coefficient (Wildman–Crippen LogP) is 4.85. The molecule has 1 atom stereocenters. The zero-order valence-electron chi connectivity index (χ0n) is 15.4. The van der Waals surface area contributed by atoms with Crippen LogP contribution in [-0.2, 0) is 6.54 Å². The van der Waals surface area contributed by atoms with E-state index in [4.69, 9.17) is 11.6 Å². The van der Waals surface area contributed by atoms with Crippen LogP contribution in [0.15, 0.2) is 59.1 Å². The first-order valence-electron chi connectivity index (χ1n) is 9.10. The third-order valence-electron chi connectivity index (χ3n) is 4.31. The van der Waals surface area contributed by atoms with Crippen LogP contribution in [0, 0.1) is 0 Å². The minimum absolute atomic E-state index is 0.418. The number of thioether (sulfide) groups is 1. The molecule has 9 heteroatoms. The molecule has 4 N–H and O–H groups in total. The highest BCUT2D eigenvalue weighted by Crippen LogP contribution is 2.27. The Hall–Kier alpha value is -2.26. The third-order valence-corrected chi connectivity index (χ3v) is 6.80. The lowest BCUT2D eigenvalue weighted by atomic mass is 10.2. The van der Waals surface area contributed by atoms with Crippen LogP contribution in [-0.4, -0.2) is 38.7 Å². The summed E-state index contributed by atoms with van der Waals surface area (Å²) in [6.07, 6.45) is 1.49. The van der Waals surface area contributed by atoms with E-state index in [-0.39, 0.29) is 0 Å². The largest absolute Gasteiger partial charge is 0.390 e. The van der Waals surface area contributed by atoms with E-state index >= 15 is 0 Å². The Labute approximate surface area is 181 Å². The van der Waals surface area contributed by atoms with Crippen LogP contribution in [0.5, 0.6) is 0 Å². The maximum absolute atomic E-state index is 10.2. The summed E-state index contributed by atoms with van der Waals surface area (Å²) in [5.41, 5.74) is 3.13. The Kier molecular flexibility index (Phi) is 6.56. The zero-order valence-corrected chi connectivity index (χ0v) is 17.8. The highest BCUT2D eigenvalue weighted by atomic mass is 35.5. The summed E-state index contributed by atoms with van der Waals surface area (Å²) in [6.45, 7) is 1.09. The van der Waals surface area contributed by atoms with Gasteiger partial charge in [0.2, 0.25) is 5.13 Å². The number of hydrogen-bond donors (Lipinski definition) is 4. The Morgan fingerprint density at radius 1 is 1.10 bits per heavy atom. The van der Waals surface area contributed by atoms with Crippen LogP contribution in [0.4, 0.5) is 10.8 Å². The van der Waals surface area contributed by atoms with Crippen molar-refractivity contribution in [1.29, 1.82) is 0 Å². The van der Waals surface area contributed by atoms with Gasteiger partial charge in [0.15, 0.2) is 4.34 Å². The first-order valence-corrected chi connectivity index (χ1v) is 11.3. The number of aromatic nitrogens is 3. The van der Waals surface area contributed by atoms with Crippen molar-refractivity contribution in [2.24, 2.45) is 0 Å². The van der Waals surface area contributed by atoms with Crippen LogP contribution in [0.25, 0.3) is 10.9 Å². The fraction of sp³-hybridized carbons (Fsp3) is 0.200. The maximum atomic E-state index is 10.2. The van der Waals surface area contributed by atoms with Crippen molar-refractivity contribution in [3.05, 3.63) is 65.3 Å². The molecule has 1 unspecified atom stereocenters. The van der Waals surface area contributed by atoms with Crippen LogP contribution in [0.3, 0.4) is 0 Å². The van der Waals surface area contributed by atoms with Gasteiger partial charge in [-0.2, -0.15) is 0 Å². The molecular formula is C20H20ClN5OS2. The van der Waals surface area contributed by atoms with Gasteiger partial charge in [-0.3, -0.25) is 0 Å². The lowest BCUT2D eigenvalue weighted by Gasteiger charge is -2.12. The monoisotopic (exact) mass is 445 g/mol. The predicted molar refractivity (Wildman–Crippen MR) is 122 cm³/mol. The number of aliphatic hydroxyl groups excluding tert-OH is 1. The number of H-pyrrole nitrogens is 1. The molecule has 4 aromatic rings. The Morgan fingerprint density at radius 2 is 1.93 bits per heavy atom. The highest BCUT2D eigenvalue weighted by Gasteiger charge is 2.11. The number of halogens is 1. The van der Waals surface area contributed by atoms with E-state index in [2.05, 4.69) is 37.9 Å². The van der Waals surface area contributed by atoms with E-state index in [1.54, 1.807) is 0 Å². The summed E-state index contributed by atoms with van der Waals surface area (Å²) in [7, 11) is 0. The van der Waals surface area contributed by atoms with E-state index in [1.165, 1.54) is 34.0 Å². The minimum Gasteiger partial charge on any atom is -0.390 e. The molecule has 0 spiro atoms. The van der Waals surface area contributed by atoms with Crippen LogP contribution in [0.2, 0.25) is 5.02 Å². The number of anilines is 2. The quantitative estimate of drug-likeness (QED) is 0.275. The van der Waals surface area contributed by atoms with E-state index < -0.39 is 6.10 Å². The molecular weight excluding hydrogens is 426 g/mol. The van der Waals surface area contributed by atoms with Crippen molar-refractivity contribution in [3.8, 4) is 0 Å². The van der Waals surface area contributed by atoms with Crippen molar-refractivity contribution in [1.82, 2.24) is 15.2 Å². The molecule has 0 saturated carbocycles. The van der Waals surface area contributed by atoms with Gasteiger partial charge in [0.1, 0.15) is 0 Å². The van der Waals surface area contributed by atoms with E-state index in [0.717, 1.165) is 20.7 Å². The van der Waals surface area contributed by atoms with Crippen LogP contribution in [0.1, 0.15) is 5.56 Å². The van der Waals surface area contributed by atoms with Gasteiger partial charge in [0.05, 0.1) is 16.8 Å². The number of nitrogens with zero attached hydrogens (tertiary/aromatic N) is 2. The van der Waals surface area contributed by atoms with E-state index in [9.17, 15) is 5.11 Å². The van der Waals surface area contributed by atoms with Gasteiger partial charge in [-0.15, -0.1) is 10.2 Å². The average molecular weight is 446 g/mol. The van der Waals surface area contributed by atoms with E-state index in [0.29, 0.717) is 23.9 Å². The molecule has 0 bridgehead atoms. The summed E-state index contributed by atoms with van der Waals surface area (Å²) in [4.78, 5) is 3.27. The Bertz CT molecular complexity index is 1080. The molecule has 0 aliphatic rings. The fourth-order valence-corrected chi connectivity index (χ4v) is 4.75. The van der Waals surface area contributed by atoms with Crippen LogP contribution >= 0.6 is 34.7 Å². The minimum atomic E-state index is -0.525. The summed E-state index contributed by atoms with van der Waals surface area (Å²) in [5.74, 6) is 0.522. The normalized spacial score (nSPS) is 12.2. The van der Waals surface area contributed by atoms with Gasteiger partial charge in [-0.25, -0.2) is 0 Å². The standard InChI is InChI=1S/C20H20ClN5OS2/c21-16-6-2-4-8-18(16)23-11-14(27)12-28-20-26-25-19(29-20)24-10-13-9-22-17-7-3-1-5-15(13)17/h1-9,14,22-23,27H,10-12H2,(H,24,25). The Balaban J connectivity index is 1.24. The molecule has 2 heterocycles. The van der Waals surface area contributed by atoms with Gasteiger partial charge in [-0.05, 0) is 23.8 Å². The van der Waals surface area contributed by atoms with Crippen molar-refractivity contribution in [3.63, 3.8) is 0 Å². The number of benzene rings is 2. The molecule has 0 aliphatic carbocycles. The molecule has 6 nitrogen and oxygen atoms in total. The number of nitrogens with one attached hydrogen (secondary N) is 3. The molecule has 150 valence electrons. The second-order valence-electron chi connectivity index (χ2n) is 6.41. The van der Waals surface area contributed by atoms with E-state index in [1.807, 2.05) is 42.6 Å². The molecule has 2 aromatic heterocycles. The highest BCUT2D eigenvalue weighted by molar-refractivity contribution is 8.01. The fourth-order valence-electron chi connectivity index (χ4n) is 2.85. The summed E-state index contributed by atoms with van der Waals surface area (Å²) >= 11 is 9.08. The number of hydrogen-bond acceptors (Lipinski definition) is 7. The number of rotatable bonds is 9. The number of aliphatic hydroxyl groups is 1. The van der Waals surface area contributed by atoms with Crippen molar-refractivity contribution in [2.75, 3.05) is 22.9 Å². The average Bonchev–Trinajstić information content (AvgIpc) is 3.37. The molecule has 0 fully saturated rings. The molecule has 0 saturated heterocycles. The van der Waals surface area contributed by atoms with Gasteiger partial charge in [0.25, 0.3) is 0 Å². The molecule has 29 heavy (non-hydrogen) atoms. The molecule has 0 aliphatic heterocycles. The number of aromatic amines is 1. The van der Waals surface area contributed by atoms with Crippen molar-refractivity contribution >= 4 is 56.4 Å². The first kappa shape index (κ1) is 20.0. The maximum Gasteiger partial charge on any atom is 0.206 e. The topological polar surface area (TPSA) is 85.9 Å². The van der Waals surface area contributed by atoms with Gasteiger partial charge < -0.3 is 20.7 Å². The zero-order chi connectivity index (χ0) is 20.1. The van der Waals surface area contributed by atoms with Crippen molar-refractivity contribution < 1.29 is 5.11 Å². The van der Waals surface area contributed by atoms with Crippen molar-refractivity contribution in [2.45, 2.75) is 17.0 Å². The number of fused-ring (bicyclic) bond motifs is 1. The second-order valence-corrected chi connectivity index (χ2v) is 9.06. The summed E-state index contributed by atoms with van der Waals surface area (Å²) in [6, 6.07) is 15.7. The lowest BCUT2D eigenvalue weighted by molar-refractivity contribution is 0.213. The summed E-state index contributed by atoms with van der Waals surface area (Å²) in [5, 5.41) is 27.7. The van der Waals surface area contributed by atoms with Gasteiger partial charge in [0, 0.05) is 35.9 Å². The number of para-hydroxylation sites is 2.